The van der Waals surface area contributed by atoms with E-state index >= 15 is 0 Å². The van der Waals surface area contributed by atoms with Crippen molar-refractivity contribution < 1.29 is 213 Å². The molecule has 0 bridgehead atoms. The summed E-state index contributed by atoms with van der Waals surface area (Å²) in [5.41, 5.74) is 5.83. The molecule has 0 spiro atoms. The minimum absolute atomic E-state index is 0. The molecule has 0 atom stereocenters. The van der Waals surface area contributed by atoms with Gasteiger partial charge >= 0.3 is 135 Å². The van der Waals surface area contributed by atoms with E-state index in [0.29, 0.717) is 16.2 Å². The van der Waals surface area contributed by atoms with Gasteiger partial charge in [-0.1, -0.05) is 218 Å². The van der Waals surface area contributed by atoms with Gasteiger partial charge in [-0.3, -0.25) is 15.0 Å². The first kappa shape index (κ1) is 86.0. The van der Waals surface area contributed by atoms with E-state index in [1.807, 2.05) is 91.0 Å². The number of hydrogen-bond acceptors (Lipinski definition) is 24. The Morgan fingerprint density at radius 1 is 0.215 bits per heavy atom. The van der Waals surface area contributed by atoms with Crippen LogP contribution in [0.5, 0.6) is 0 Å². The third-order valence-corrected chi connectivity index (χ3v) is 21.7. The zero-order valence-electron chi connectivity index (χ0n) is 56.1. The monoisotopic (exact) mass is 1620 g/mol. The second kappa shape index (κ2) is 34.4. The van der Waals surface area contributed by atoms with Crippen molar-refractivity contribution in [2.24, 2.45) is 0 Å². The molecular weight excluding hydrogens is 1580 g/mol. The topological polar surface area (TPSA) is 421 Å². The molecule has 107 heavy (non-hydrogen) atoms. The van der Waals surface area contributed by atoms with E-state index in [9.17, 15) is 77.8 Å². The van der Waals surface area contributed by atoms with Gasteiger partial charge < -0.3 is 27.3 Å². The molecule has 9 aromatic carbocycles. The minimum Gasteiger partial charge on any atom is -0.744 e. The van der Waals surface area contributed by atoms with Gasteiger partial charge in [0.05, 0.1) is 47.8 Å². The van der Waals surface area contributed by atoms with Crippen molar-refractivity contribution in [1.29, 1.82) is 0 Å². The van der Waals surface area contributed by atoms with Crippen molar-refractivity contribution in [3.8, 4) is 66.8 Å². The zero-order valence-corrected chi connectivity index (χ0v) is 70.1. The fourth-order valence-corrected chi connectivity index (χ4v) is 17.8. The van der Waals surface area contributed by atoms with Crippen molar-refractivity contribution in [2.45, 2.75) is 29.8 Å². The van der Waals surface area contributed by atoms with Crippen LogP contribution in [0.2, 0.25) is 0 Å². The summed E-state index contributed by atoms with van der Waals surface area (Å²) in [5.74, 6) is 0. The number of rotatable bonds is 12. The fraction of sp³-hybridized carbons (Fsp3) is 0. The molecule has 0 saturated carbocycles. The van der Waals surface area contributed by atoms with Crippen LogP contribution in [0.25, 0.3) is 132 Å². The number of pyridine rings is 6. The summed E-state index contributed by atoms with van der Waals surface area (Å²) >= 11 is 0. The molecule has 0 aliphatic carbocycles. The predicted molar refractivity (Wildman–Crippen MR) is 372 cm³/mol. The van der Waals surface area contributed by atoms with Gasteiger partial charge in [-0.2, -0.15) is 0 Å². The van der Waals surface area contributed by atoms with Gasteiger partial charge in [0, 0.05) is 67.6 Å². The van der Waals surface area contributed by atoms with Crippen LogP contribution in [0.4, 0.5) is 0 Å². The van der Waals surface area contributed by atoms with Crippen LogP contribution in [0.1, 0.15) is 0 Å². The van der Waals surface area contributed by atoms with Crippen LogP contribution >= 0.6 is 0 Å². The molecule has 0 unspecified atom stereocenters. The van der Waals surface area contributed by atoms with E-state index < -0.39 is 90.5 Å². The van der Waals surface area contributed by atoms with Crippen LogP contribution in [0.15, 0.2) is 285 Å². The molecule has 0 N–H and O–H groups in total. The SMILES string of the molecule is O=S(=O)([O-])c1nc2c(ccc3c(-c4ccccc4)ccnc32)c(-c2ccccc2)c1S(=O)(=O)[O-].O=S(=O)([O-])c1nc2c(ccc3c(-c4ccccc4)ccnc32)c(-c2ccccc2)c1S(=O)(=O)[O-].O=S(=O)([O-])c1nc2c(ccc3c(-c4ccccc4)ccnc32)c(-c2ccccc2)c1S(=O)(=O)[O-].[Fe+2].[Na+].[Na+].[Na+].[Na+]. The van der Waals surface area contributed by atoms with Crippen molar-refractivity contribution >= 4 is 126 Å². The summed E-state index contributed by atoms with van der Waals surface area (Å²) in [6.07, 6.45) is 4.53. The average molecular weight is 1620 g/mol. The molecule has 24 nitrogen and oxygen atoms in total. The summed E-state index contributed by atoms with van der Waals surface area (Å²) in [6.45, 7) is 0. The summed E-state index contributed by atoms with van der Waals surface area (Å²) in [4.78, 5) is 21.3. The van der Waals surface area contributed by atoms with Crippen molar-refractivity contribution in [3.63, 3.8) is 0 Å². The second-order valence-corrected chi connectivity index (χ2v) is 30.3. The number of benzene rings is 9. The summed E-state index contributed by atoms with van der Waals surface area (Å²) < 4.78 is 219. The van der Waals surface area contributed by atoms with Crippen LogP contribution in [0.3, 0.4) is 0 Å². The molecule has 0 saturated heterocycles. The Kier molecular flexibility index (Phi) is 27.6. The van der Waals surface area contributed by atoms with Crippen LogP contribution in [-0.2, 0) is 77.8 Å². The Bertz CT molecular complexity index is 6040. The number of hydrogen-bond donors (Lipinski definition) is 0. The van der Waals surface area contributed by atoms with Gasteiger partial charge in [-0.15, -0.1) is 0 Å². The Morgan fingerprint density at radius 3 is 0.589 bits per heavy atom. The molecule has 6 aromatic heterocycles. The van der Waals surface area contributed by atoms with E-state index in [0.717, 1.165) is 33.4 Å². The van der Waals surface area contributed by atoms with Crippen LogP contribution < -0.4 is 118 Å². The van der Waals surface area contributed by atoms with E-state index in [-0.39, 0.29) is 218 Å². The third kappa shape index (κ3) is 17.8. The van der Waals surface area contributed by atoms with Gasteiger partial charge in [-0.05, 0) is 68.3 Å². The van der Waals surface area contributed by atoms with Crippen molar-refractivity contribution in [1.82, 2.24) is 29.9 Å². The molecular formula is C72H42FeN6Na4O18S6. The molecule has 15 rings (SSSR count). The first-order valence-electron chi connectivity index (χ1n) is 29.8. The molecule has 15 aromatic rings. The molecule has 0 radical (unpaired) electrons. The van der Waals surface area contributed by atoms with Gasteiger partial charge in [-0.25, -0.2) is 65.5 Å². The quantitative estimate of drug-likeness (QED) is 0.0867. The largest absolute Gasteiger partial charge is 2.00 e. The maximum atomic E-state index is 12.2. The van der Waals surface area contributed by atoms with E-state index in [2.05, 4.69) is 29.9 Å². The van der Waals surface area contributed by atoms with E-state index in [4.69, 9.17) is 0 Å². The molecule has 0 aliphatic rings. The fourth-order valence-electron chi connectivity index (χ4n) is 12.2. The summed E-state index contributed by atoms with van der Waals surface area (Å²) in [5, 5.41) is -1.65. The van der Waals surface area contributed by atoms with Crippen LogP contribution in [0, 0.1) is 0 Å². The summed E-state index contributed by atoms with van der Waals surface area (Å²) in [6, 6.07) is 66.9. The second-order valence-electron chi connectivity index (χ2n) is 22.4. The van der Waals surface area contributed by atoms with Gasteiger partial charge in [0.25, 0.3) is 0 Å². The van der Waals surface area contributed by atoms with Crippen molar-refractivity contribution in [3.05, 3.63) is 255 Å². The molecule has 6 heterocycles. The maximum absolute atomic E-state index is 12.2. The molecule has 516 valence electrons. The number of nitrogens with zero attached hydrogens (tertiary/aromatic N) is 6. The molecule has 0 fully saturated rings. The molecule has 35 heteroatoms. The van der Waals surface area contributed by atoms with Gasteiger partial charge in [0.15, 0.2) is 15.1 Å². The smallest absolute Gasteiger partial charge is 0.744 e. The normalized spacial score (nSPS) is 11.7. The first-order chi connectivity index (χ1) is 48.5. The predicted octanol–water partition coefficient (Wildman–Crippen LogP) is -0.211. The standard InChI is InChI=1S/3C24H16N2O6S2.Fe.4Na/c3*27-33(28,29)23-20(16-9-5-2-6-10-16)19-12-11-18-17(15-7-3-1-4-8-15)13-14-25-21(18)22(19)26-24(23)34(30,31)32;;;;;/h3*1-14H,(H,27,28,29)(H,30,31,32);;;;;/q;;;+2;4*+1/p-6. The van der Waals surface area contributed by atoms with Gasteiger partial charge in [0.1, 0.15) is 60.7 Å². The Balaban J connectivity index is 0.000000198. The Morgan fingerprint density at radius 2 is 0.402 bits per heavy atom. The van der Waals surface area contributed by atoms with E-state index in [1.165, 1.54) is 55.0 Å². The van der Waals surface area contributed by atoms with Crippen molar-refractivity contribution in [2.75, 3.05) is 0 Å². The first-order valence-corrected chi connectivity index (χ1v) is 38.3. The van der Waals surface area contributed by atoms with Crippen LogP contribution in [-0.4, -0.2) is 108 Å². The average Bonchev–Trinajstić information content (AvgIpc) is 0.736. The Labute approximate surface area is 711 Å². The Hall–Kier alpha value is -6.58. The summed E-state index contributed by atoms with van der Waals surface area (Å²) in [7, 11) is -32.5. The zero-order chi connectivity index (χ0) is 72.3. The third-order valence-electron chi connectivity index (χ3n) is 16.3. The molecule has 0 amide bonds. The maximum Gasteiger partial charge on any atom is 2.00 e. The molecule has 0 aliphatic heterocycles. The van der Waals surface area contributed by atoms with Gasteiger partial charge in [0.2, 0.25) is 0 Å². The minimum atomic E-state index is -5.44. The van der Waals surface area contributed by atoms with E-state index in [1.54, 1.807) is 109 Å². The number of fused-ring (bicyclic) bond motifs is 9. The number of aromatic nitrogens is 6.